The fourth-order valence-electron chi connectivity index (χ4n) is 2.21. The van der Waals surface area contributed by atoms with Crippen LogP contribution in [-0.2, 0) is 22.6 Å². The molecule has 6 heteroatoms. The number of carbonyl (C=O) groups excluding carboxylic acids is 2. The summed E-state index contributed by atoms with van der Waals surface area (Å²) in [6, 6.07) is 15.0. The second-order valence-electron chi connectivity index (χ2n) is 5.49. The summed E-state index contributed by atoms with van der Waals surface area (Å²) < 4.78 is 13.1. The molecule has 0 aliphatic rings. The summed E-state index contributed by atoms with van der Waals surface area (Å²) in [6.07, 6.45) is 0.557. The van der Waals surface area contributed by atoms with E-state index in [1.807, 2.05) is 0 Å². The number of halogens is 1. The number of aryl methyl sites for hydroxylation is 1. The van der Waals surface area contributed by atoms with Gasteiger partial charge in [-0.05, 0) is 41.8 Å². The van der Waals surface area contributed by atoms with Gasteiger partial charge in [-0.1, -0.05) is 24.3 Å². The van der Waals surface area contributed by atoms with Crippen molar-refractivity contribution in [3.8, 4) is 6.07 Å². The number of nitriles is 1. The van der Waals surface area contributed by atoms with Crippen LogP contribution in [0.4, 0.5) is 10.1 Å². The zero-order chi connectivity index (χ0) is 18.1. The lowest BCUT2D eigenvalue weighted by Crippen LogP contribution is -2.21. The Morgan fingerprint density at radius 3 is 2.48 bits per heavy atom. The van der Waals surface area contributed by atoms with Gasteiger partial charge in [-0.3, -0.25) is 9.59 Å². The molecule has 5 nitrogen and oxygen atoms in total. The molecular weight excluding hydrogens is 321 g/mol. The first-order chi connectivity index (χ1) is 12.1. The first kappa shape index (κ1) is 18.1. The zero-order valence-electron chi connectivity index (χ0n) is 13.6. The Bertz CT molecular complexity index is 782. The molecule has 128 valence electrons. The van der Waals surface area contributed by atoms with E-state index >= 15 is 0 Å². The van der Waals surface area contributed by atoms with Crippen LogP contribution in [0.3, 0.4) is 0 Å². The number of amides is 2. The van der Waals surface area contributed by atoms with Crippen LogP contribution < -0.4 is 10.6 Å². The molecule has 0 aliphatic heterocycles. The highest BCUT2D eigenvalue weighted by atomic mass is 19.1. The molecule has 2 rings (SSSR count). The molecule has 2 N–H and O–H groups in total. The van der Waals surface area contributed by atoms with Gasteiger partial charge in [-0.2, -0.15) is 5.26 Å². The maximum Gasteiger partial charge on any atom is 0.234 e. The summed E-state index contributed by atoms with van der Waals surface area (Å²) in [4.78, 5) is 23.2. The highest BCUT2D eigenvalue weighted by Crippen LogP contribution is 2.11. The first-order valence-corrected chi connectivity index (χ1v) is 7.83. The predicted octanol–water partition coefficient (Wildman–Crippen LogP) is 2.93. The van der Waals surface area contributed by atoms with Crippen molar-refractivity contribution < 1.29 is 14.0 Å². The molecule has 0 unspecified atom stereocenters. The highest BCUT2D eigenvalue weighted by molar-refractivity contribution is 5.90. The normalized spacial score (nSPS) is 9.92. The molecule has 0 fully saturated rings. The number of anilines is 1. The van der Waals surface area contributed by atoms with Crippen LogP contribution in [0.1, 0.15) is 24.0 Å². The van der Waals surface area contributed by atoms with Crippen LogP contribution in [-0.4, -0.2) is 11.8 Å². The van der Waals surface area contributed by atoms with Gasteiger partial charge in [0, 0.05) is 18.7 Å². The van der Waals surface area contributed by atoms with Crippen LogP contribution in [0.5, 0.6) is 0 Å². The molecule has 0 aliphatic carbocycles. The second-order valence-corrected chi connectivity index (χ2v) is 5.49. The van der Waals surface area contributed by atoms with Crippen molar-refractivity contribution in [3.05, 3.63) is 65.5 Å². The van der Waals surface area contributed by atoms with Crippen molar-refractivity contribution in [2.45, 2.75) is 25.8 Å². The molecule has 0 saturated heterocycles. The van der Waals surface area contributed by atoms with Crippen molar-refractivity contribution in [1.82, 2.24) is 5.32 Å². The van der Waals surface area contributed by atoms with Crippen molar-refractivity contribution in [2.75, 3.05) is 5.32 Å². The quantitative estimate of drug-likeness (QED) is 0.814. The maximum atomic E-state index is 13.1. The van der Waals surface area contributed by atoms with E-state index in [4.69, 9.17) is 5.26 Å². The van der Waals surface area contributed by atoms with Crippen LogP contribution >= 0.6 is 0 Å². The molecule has 0 aromatic heterocycles. The number of benzene rings is 2. The number of nitrogens with one attached hydrogen (secondary N) is 2. The van der Waals surface area contributed by atoms with Crippen LogP contribution in [0.25, 0.3) is 0 Å². The summed E-state index contributed by atoms with van der Waals surface area (Å²) in [5.41, 5.74) is 2.29. The SMILES string of the molecule is N#CCC(=O)NCc1ccc(NC(=O)CCc2cccc(F)c2)cc1. The van der Waals surface area contributed by atoms with Gasteiger partial charge in [0.1, 0.15) is 12.2 Å². The minimum atomic E-state index is -0.322. The predicted molar refractivity (Wildman–Crippen MR) is 91.9 cm³/mol. The Hall–Kier alpha value is -3.20. The topological polar surface area (TPSA) is 82.0 Å². The van der Waals surface area contributed by atoms with Crippen LogP contribution in [0.15, 0.2) is 48.5 Å². The van der Waals surface area contributed by atoms with Gasteiger partial charge in [0.2, 0.25) is 11.8 Å². The van der Waals surface area contributed by atoms with Crippen molar-refractivity contribution in [1.29, 1.82) is 5.26 Å². The smallest absolute Gasteiger partial charge is 0.234 e. The minimum absolute atomic E-state index is 0.153. The minimum Gasteiger partial charge on any atom is -0.351 e. The molecule has 0 spiro atoms. The summed E-state index contributed by atoms with van der Waals surface area (Å²) in [7, 11) is 0. The number of hydrogen-bond acceptors (Lipinski definition) is 3. The molecular formula is C19H18FN3O2. The average molecular weight is 339 g/mol. The molecule has 2 aromatic rings. The number of carbonyl (C=O) groups is 2. The van der Waals surface area contributed by atoms with Crippen LogP contribution in [0, 0.1) is 17.1 Å². The lowest BCUT2D eigenvalue weighted by Gasteiger charge is -2.07. The Labute approximate surface area is 145 Å². The molecule has 2 aromatic carbocycles. The fraction of sp³-hybridized carbons (Fsp3) is 0.211. The molecule has 0 atom stereocenters. The third-order valence-corrected chi connectivity index (χ3v) is 3.50. The molecule has 0 bridgehead atoms. The highest BCUT2D eigenvalue weighted by Gasteiger charge is 2.05. The maximum absolute atomic E-state index is 13.1. The number of hydrogen-bond donors (Lipinski definition) is 2. The Morgan fingerprint density at radius 1 is 1.04 bits per heavy atom. The van der Waals surface area contributed by atoms with Gasteiger partial charge in [0.15, 0.2) is 0 Å². The van der Waals surface area contributed by atoms with Gasteiger partial charge in [-0.15, -0.1) is 0 Å². The third-order valence-electron chi connectivity index (χ3n) is 3.50. The van der Waals surface area contributed by atoms with E-state index in [1.165, 1.54) is 12.1 Å². The molecule has 0 radical (unpaired) electrons. The van der Waals surface area contributed by atoms with E-state index in [-0.39, 0.29) is 30.5 Å². The summed E-state index contributed by atoms with van der Waals surface area (Å²) in [6.45, 7) is 0.328. The molecule has 25 heavy (non-hydrogen) atoms. The van der Waals surface area contributed by atoms with Gasteiger partial charge < -0.3 is 10.6 Å². The lowest BCUT2D eigenvalue weighted by atomic mass is 10.1. The van der Waals surface area contributed by atoms with E-state index in [2.05, 4.69) is 10.6 Å². The fourth-order valence-corrected chi connectivity index (χ4v) is 2.21. The van der Waals surface area contributed by atoms with E-state index in [1.54, 1.807) is 42.5 Å². The average Bonchev–Trinajstić information content (AvgIpc) is 2.60. The number of nitrogens with zero attached hydrogens (tertiary/aromatic N) is 1. The van der Waals surface area contributed by atoms with E-state index < -0.39 is 0 Å². The molecule has 0 heterocycles. The summed E-state index contributed by atoms with van der Waals surface area (Å²) in [5, 5.41) is 13.8. The number of rotatable bonds is 7. The summed E-state index contributed by atoms with van der Waals surface area (Å²) in [5.74, 6) is -0.785. The van der Waals surface area contributed by atoms with E-state index in [0.717, 1.165) is 11.1 Å². The van der Waals surface area contributed by atoms with Gasteiger partial charge >= 0.3 is 0 Å². The first-order valence-electron chi connectivity index (χ1n) is 7.83. The Morgan fingerprint density at radius 2 is 1.80 bits per heavy atom. The standard InChI is InChI=1S/C19H18FN3O2/c20-16-3-1-2-14(12-16)6-9-19(25)23-17-7-4-15(5-8-17)13-22-18(24)10-11-21/h1-5,7-8,12H,6,9-10,13H2,(H,22,24)(H,23,25). The van der Waals surface area contributed by atoms with Crippen molar-refractivity contribution >= 4 is 17.5 Å². The Balaban J connectivity index is 1.79. The zero-order valence-corrected chi connectivity index (χ0v) is 13.6. The third kappa shape index (κ3) is 6.43. The van der Waals surface area contributed by atoms with Gasteiger partial charge in [-0.25, -0.2) is 4.39 Å². The van der Waals surface area contributed by atoms with E-state index in [0.29, 0.717) is 18.7 Å². The monoisotopic (exact) mass is 339 g/mol. The Kier molecular flexibility index (Phi) is 6.66. The largest absolute Gasteiger partial charge is 0.351 e. The van der Waals surface area contributed by atoms with Gasteiger partial charge in [0.25, 0.3) is 0 Å². The van der Waals surface area contributed by atoms with Gasteiger partial charge in [0.05, 0.1) is 6.07 Å². The lowest BCUT2D eigenvalue weighted by molar-refractivity contribution is -0.120. The van der Waals surface area contributed by atoms with E-state index in [9.17, 15) is 14.0 Å². The molecule has 0 saturated carbocycles. The summed E-state index contributed by atoms with van der Waals surface area (Å²) >= 11 is 0. The van der Waals surface area contributed by atoms with Crippen molar-refractivity contribution in [2.24, 2.45) is 0 Å². The van der Waals surface area contributed by atoms with Crippen molar-refractivity contribution in [3.63, 3.8) is 0 Å². The van der Waals surface area contributed by atoms with Crippen LogP contribution in [0.2, 0.25) is 0 Å². The molecule has 2 amide bonds. The second kappa shape index (κ2) is 9.18.